The van der Waals surface area contributed by atoms with E-state index in [4.69, 9.17) is 21.9 Å². The van der Waals surface area contributed by atoms with Crippen LogP contribution in [0, 0.1) is 20.8 Å². The summed E-state index contributed by atoms with van der Waals surface area (Å²) in [7, 11) is 0. The minimum absolute atomic E-state index is 0.0968. The summed E-state index contributed by atoms with van der Waals surface area (Å²) in [5, 5.41) is 7.19. The van der Waals surface area contributed by atoms with Gasteiger partial charge in [-0.25, -0.2) is 4.98 Å². The maximum absolute atomic E-state index is 6.15. The zero-order valence-corrected chi connectivity index (χ0v) is 23.0. The van der Waals surface area contributed by atoms with Gasteiger partial charge in [0, 0.05) is 34.8 Å². The van der Waals surface area contributed by atoms with Crippen molar-refractivity contribution in [1.82, 2.24) is 19.9 Å². The predicted octanol–water partition coefficient (Wildman–Crippen LogP) is 7.22. The Morgan fingerprint density at radius 2 is 1.71 bits per heavy atom. The van der Waals surface area contributed by atoms with Gasteiger partial charge in [-0.1, -0.05) is 24.3 Å². The molecule has 3 aromatic heterocycles. The Morgan fingerprint density at radius 3 is 2.42 bits per heavy atom. The molecule has 8 heteroatoms. The number of thiocarbonyl (C=S) groups is 1. The zero-order chi connectivity index (χ0) is 26.2. The van der Waals surface area contributed by atoms with E-state index in [0.717, 1.165) is 45.0 Å². The number of anilines is 1. The van der Waals surface area contributed by atoms with E-state index >= 15 is 0 Å². The molecule has 0 amide bonds. The van der Waals surface area contributed by atoms with Gasteiger partial charge in [0.1, 0.15) is 11.5 Å². The first-order valence-corrected chi connectivity index (χ1v) is 13.7. The first-order chi connectivity index (χ1) is 18.5. The molecule has 4 heterocycles. The molecule has 0 unspecified atom stereocenters. The number of hydrogen-bond acceptors (Lipinski definition) is 5. The average molecular weight is 538 g/mol. The molecule has 6 rings (SSSR count). The van der Waals surface area contributed by atoms with Crippen molar-refractivity contribution in [2.75, 3.05) is 4.90 Å². The Labute approximate surface area is 231 Å². The molecule has 0 bridgehead atoms. The van der Waals surface area contributed by atoms with Crippen LogP contribution in [-0.4, -0.2) is 19.6 Å². The van der Waals surface area contributed by atoms with Crippen LogP contribution >= 0.6 is 23.6 Å². The smallest absolute Gasteiger partial charge is 0.193 e. The second-order valence-corrected chi connectivity index (χ2v) is 10.6. The van der Waals surface area contributed by atoms with Crippen LogP contribution in [0.2, 0.25) is 0 Å². The molecule has 2 aromatic carbocycles. The molecule has 0 aliphatic carbocycles. The average Bonchev–Trinajstić information content (AvgIpc) is 3.64. The van der Waals surface area contributed by atoms with E-state index in [1.54, 1.807) is 11.3 Å². The Balaban J connectivity index is 1.41. The lowest BCUT2D eigenvalue weighted by molar-refractivity contribution is 0.479. The maximum Gasteiger partial charge on any atom is 0.193 e. The summed E-state index contributed by atoms with van der Waals surface area (Å²) in [4.78, 5) is 11.5. The van der Waals surface area contributed by atoms with Crippen molar-refractivity contribution < 1.29 is 4.74 Å². The van der Waals surface area contributed by atoms with Crippen LogP contribution in [0.5, 0.6) is 11.5 Å². The number of nitrogens with one attached hydrogen (secondary N) is 1. The Hall–Kier alpha value is -4.01. The van der Waals surface area contributed by atoms with Gasteiger partial charge in [0.2, 0.25) is 0 Å². The molecular weight excluding hydrogens is 510 g/mol. The number of nitrogens with zero attached hydrogens (tertiary/aromatic N) is 4. The quantitative estimate of drug-likeness (QED) is 0.231. The normalized spacial score (nSPS) is 17.0. The molecule has 190 valence electrons. The summed E-state index contributed by atoms with van der Waals surface area (Å²) in [6.45, 7) is 6.32. The van der Waals surface area contributed by atoms with Crippen molar-refractivity contribution in [2.24, 2.45) is 0 Å². The first kappa shape index (κ1) is 24.3. The van der Waals surface area contributed by atoms with Gasteiger partial charge >= 0.3 is 0 Å². The van der Waals surface area contributed by atoms with Crippen LogP contribution < -0.4 is 15.0 Å². The van der Waals surface area contributed by atoms with E-state index in [2.05, 4.69) is 57.9 Å². The van der Waals surface area contributed by atoms with Crippen molar-refractivity contribution in [3.05, 3.63) is 119 Å². The molecule has 0 radical (unpaired) electrons. The van der Waals surface area contributed by atoms with Crippen LogP contribution in [0.25, 0.3) is 5.13 Å². The number of aryl methyl sites for hydroxylation is 2. The maximum atomic E-state index is 6.15. The van der Waals surface area contributed by atoms with E-state index in [1.165, 1.54) is 5.56 Å². The predicted molar refractivity (Wildman–Crippen MR) is 157 cm³/mol. The van der Waals surface area contributed by atoms with Gasteiger partial charge in [0.15, 0.2) is 10.2 Å². The van der Waals surface area contributed by atoms with Crippen molar-refractivity contribution in [3.63, 3.8) is 0 Å². The van der Waals surface area contributed by atoms with E-state index in [9.17, 15) is 0 Å². The molecule has 6 nitrogen and oxygen atoms in total. The third-order valence-electron chi connectivity index (χ3n) is 6.93. The molecule has 1 aliphatic heterocycles. The fourth-order valence-corrected chi connectivity index (χ4v) is 6.23. The highest BCUT2D eigenvalue weighted by Crippen LogP contribution is 2.44. The minimum Gasteiger partial charge on any atom is -0.457 e. The van der Waals surface area contributed by atoms with Gasteiger partial charge in [0.05, 0.1) is 17.8 Å². The summed E-state index contributed by atoms with van der Waals surface area (Å²) in [5.74, 6) is 1.63. The largest absolute Gasteiger partial charge is 0.457 e. The third kappa shape index (κ3) is 4.36. The summed E-state index contributed by atoms with van der Waals surface area (Å²) in [5.41, 5.74) is 6.48. The second-order valence-electron chi connectivity index (χ2n) is 9.33. The number of rotatable bonds is 6. The highest BCUT2D eigenvalue weighted by molar-refractivity contribution is 7.80. The first-order valence-electron chi connectivity index (χ1n) is 12.4. The Morgan fingerprint density at radius 1 is 0.921 bits per heavy atom. The highest BCUT2D eigenvalue weighted by atomic mass is 32.1. The number of ether oxygens (including phenoxy) is 1. The molecule has 0 saturated carbocycles. The molecular formula is C30H27N5OS2. The highest BCUT2D eigenvalue weighted by Gasteiger charge is 2.42. The van der Waals surface area contributed by atoms with Gasteiger partial charge in [-0.2, -0.15) is 0 Å². The van der Waals surface area contributed by atoms with Gasteiger partial charge in [-0.3, -0.25) is 9.55 Å². The van der Waals surface area contributed by atoms with Gasteiger partial charge in [-0.05, 0) is 92.6 Å². The van der Waals surface area contributed by atoms with E-state index in [-0.39, 0.29) is 12.1 Å². The van der Waals surface area contributed by atoms with Crippen LogP contribution in [0.1, 0.15) is 40.3 Å². The second kappa shape index (κ2) is 10.0. The number of aromatic nitrogens is 3. The van der Waals surface area contributed by atoms with Crippen molar-refractivity contribution in [3.8, 4) is 16.6 Å². The van der Waals surface area contributed by atoms with Gasteiger partial charge in [-0.15, -0.1) is 11.3 Å². The zero-order valence-electron chi connectivity index (χ0n) is 21.3. The third-order valence-corrected chi connectivity index (χ3v) is 8.01. The lowest BCUT2D eigenvalue weighted by Gasteiger charge is -2.28. The topological polar surface area (TPSA) is 55.2 Å². The number of pyridine rings is 1. The molecule has 1 saturated heterocycles. The fraction of sp³-hybridized carbons (Fsp3) is 0.167. The van der Waals surface area contributed by atoms with Crippen molar-refractivity contribution in [1.29, 1.82) is 0 Å². The number of thiazole rings is 1. The summed E-state index contributed by atoms with van der Waals surface area (Å²) in [6, 6.07) is 24.2. The molecule has 1 aliphatic rings. The number of benzene rings is 2. The van der Waals surface area contributed by atoms with Crippen LogP contribution in [0.15, 0.2) is 90.6 Å². The van der Waals surface area contributed by atoms with Crippen molar-refractivity contribution >= 4 is 34.4 Å². The van der Waals surface area contributed by atoms with E-state index in [1.807, 2.05) is 73.2 Å². The number of hydrogen-bond donors (Lipinski definition) is 1. The summed E-state index contributed by atoms with van der Waals surface area (Å²) < 4.78 is 8.37. The Bertz CT molecular complexity index is 1580. The molecule has 2 atom stereocenters. The van der Waals surface area contributed by atoms with Crippen LogP contribution in [0.3, 0.4) is 0 Å². The van der Waals surface area contributed by atoms with E-state index < -0.39 is 0 Å². The van der Waals surface area contributed by atoms with Gasteiger partial charge in [0.25, 0.3) is 0 Å². The monoisotopic (exact) mass is 537 g/mol. The number of para-hydroxylation sites is 1. The van der Waals surface area contributed by atoms with E-state index in [0.29, 0.717) is 5.11 Å². The van der Waals surface area contributed by atoms with Gasteiger partial charge < -0.3 is 15.0 Å². The lowest BCUT2D eigenvalue weighted by atomic mass is 9.96. The molecule has 0 spiro atoms. The standard InChI is InChI=1S/C30H27N5OS2/c1-19-8-4-5-10-26(19)36-23-13-11-22(12-14-23)35-28(27(33-29(35)37)25-9-6-7-15-31-25)24-18-20(2)34(21(24)3)30-32-16-17-38-30/h4-18,27-28H,1-3H3,(H,33,37)/t27-,28+/m0/s1. The summed E-state index contributed by atoms with van der Waals surface area (Å²) in [6.07, 6.45) is 3.67. The molecule has 38 heavy (non-hydrogen) atoms. The lowest BCUT2D eigenvalue weighted by Crippen LogP contribution is -2.29. The minimum atomic E-state index is -0.114. The molecule has 5 aromatic rings. The molecule has 1 N–H and O–H groups in total. The summed E-state index contributed by atoms with van der Waals surface area (Å²) >= 11 is 7.56. The van der Waals surface area contributed by atoms with Crippen molar-refractivity contribution in [2.45, 2.75) is 32.9 Å². The fourth-order valence-electron chi connectivity index (χ4n) is 5.13. The van der Waals surface area contributed by atoms with Crippen LogP contribution in [-0.2, 0) is 0 Å². The van der Waals surface area contributed by atoms with Crippen LogP contribution in [0.4, 0.5) is 5.69 Å². The SMILES string of the molecule is Cc1ccccc1Oc1ccc(N2C(=S)N[C@@H](c3ccccn3)[C@H]2c2cc(C)n(-c3nccs3)c2C)cc1. The Kier molecular flexibility index (Phi) is 6.43. The molecule has 1 fully saturated rings.